The lowest BCUT2D eigenvalue weighted by atomic mass is 9.45. The molecule has 3 aliphatic rings. The van der Waals surface area contributed by atoms with Gasteiger partial charge in [0.05, 0.1) is 17.1 Å². The number of methoxy groups -OCH3 is 1. The van der Waals surface area contributed by atoms with Gasteiger partial charge in [0.1, 0.15) is 11.9 Å². The van der Waals surface area contributed by atoms with Crippen LogP contribution in [-0.4, -0.2) is 54.0 Å². The van der Waals surface area contributed by atoms with Crippen LogP contribution in [0.4, 0.5) is 0 Å². The molecule has 206 valence electrons. The highest BCUT2D eigenvalue weighted by atomic mass is 16.8. The van der Waals surface area contributed by atoms with Gasteiger partial charge >= 0.3 is 11.9 Å². The molecule has 0 radical (unpaired) electrons. The smallest absolute Gasteiger partial charge is 0.338 e. The van der Waals surface area contributed by atoms with Gasteiger partial charge in [0, 0.05) is 19.6 Å². The average Bonchev–Trinajstić information content (AvgIpc) is 3.19. The van der Waals surface area contributed by atoms with Crippen molar-refractivity contribution >= 4 is 11.9 Å². The highest BCUT2D eigenvalue weighted by Crippen LogP contribution is 2.67. The van der Waals surface area contributed by atoms with Gasteiger partial charge in [-0.05, 0) is 73.3 Å². The third-order valence-electron chi connectivity index (χ3n) is 8.97. The third-order valence-corrected chi connectivity index (χ3v) is 8.97. The Morgan fingerprint density at radius 1 is 1.21 bits per heavy atom. The monoisotopic (exact) mass is 526 g/mol. The summed E-state index contributed by atoms with van der Waals surface area (Å²) in [6.45, 7) is 13.5. The Morgan fingerprint density at radius 3 is 2.50 bits per heavy atom. The first-order chi connectivity index (χ1) is 18.0. The summed E-state index contributed by atoms with van der Waals surface area (Å²) in [5.41, 5.74) is 0.417. The summed E-state index contributed by atoms with van der Waals surface area (Å²) in [6, 6.07) is 5.86. The third kappa shape index (κ3) is 4.70. The summed E-state index contributed by atoms with van der Waals surface area (Å²) < 4.78 is 23.5. The molecule has 8 heteroatoms. The van der Waals surface area contributed by atoms with Crippen LogP contribution in [0.5, 0.6) is 5.75 Å². The molecule has 2 aliphatic carbocycles. The van der Waals surface area contributed by atoms with E-state index < -0.39 is 42.1 Å². The second kappa shape index (κ2) is 10.7. The molecular weight excluding hydrogens is 488 g/mol. The summed E-state index contributed by atoms with van der Waals surface area (Å²) in [4.78, 5) is 25.2. The average molecular weight is 527 g/mol. The Labute approximate surface area is 223 Å². The van der Waals surface area contributed by atoms with Gasteiger partial charge in [0.15, 0.2) is 6.29 Å². The normalized spacial score (nSPS) is 35.9. The van der Waals surface area contributed by atoms with Crippen LogP contribution in [0, 0.1) is 22.7 Å². The number of aromatic hydroxyl groups is 1. The molecule has 1 spiro atoms. The maximum absolute atomic E-state index is 13.0. The van der Waals surface area contributed by atoms with Crippen molar-refractivity contribution in [1.82, 2.24) is 0 Å². The van der Waals surface area contributed by atoms with E-state index >= 15 is 0 Å². The summed E-state index contributed by atoms with van der Waals surface area (Å²) in [6.07, 6.45) is 2.40. The second-order valence-electron chi connectivity index (χ2n) is 11.0. The fourth-order valence-electron chi connectivity index (χ4n) is 6.76. The van der Waals surface area contributed by atoms with E-state index in [0.717, 1.165) is 12.0 Å². The minimum absolute atomic E-state index is 0.0516. The summed E-state index contributed by atoms with van der Waals surface area (Å²) in [5, 5.41) is 21.3. The van der Waals surface area contributed by atoms with Crippen LogP contribution >= 0.6 is 0 Å². The van der Waals surface area contributed by atoms with Gasteiger partial charge in [-0.15, -0.1) is 0 Å². The van der Waals surface area contributed by atoms with E-state index in [9.17, 15) is 19.8 Å². The molecular formula is C30H38O8. The molecule has 1 heterocycles. The SMILES string of the molecule is C=CC(=C)CC[C@]1(C)[C@H](C)C[C@H](O)[C@@]23C(=C[C@@H](OC(=O)c4ccc(O)cc4)C[C@@H]12)[C@@H](OC)O[C@H]3OC(C)=O. The molecule has 0 bridgehead atoms. The van der Waals surface area contributed by atoms with Crippen LogP contribution in [-0.2, 0) is 23.7 Å². The Balaban J connectivity index is 1.80. The maximum Gasteiger partial charge on any atom is 0.338 e. The highest BCUT2D eigenvalue weighted by Gasteiger charge is 2.70. The lowest BCUT2D eigenvalue weighted by molar-refractivity contribution is -0.254. The molecule has 0 amide bonds. The summed E-state index contributed by atoms with van der Waals surface area (Å²) in [7, 11) is 1.49. The van der Waals surface area contributed by atoms with Crippen molar-refractivity contribution < 1.29 is 38.7 Å². The number of esters is 2. The van der Waals surface area contributed by atoms with E-state index in [4.69, 9.17) is 18.9 Å². The molecule has 1 aliphatic heterocycles. The van der Waals surface area contributed by atoms with Crippen LogP contribution in [0.3, 0.4) is 0 Å². The van der Waals surface area contributed by atoms with E-state index in [2.05, 4.69) is 27.0 Å². The molecule has 8 atom stereocenters. The van der Waals surface area contributed by atoms with E-state index in [-0.39, 0.29) is 23.0 Å². The molecule has 8 nitrogen and oxygen atoms in total. The van der Waals surface area contributed by atoms with E-state index in [1.165, 1.54) is 38.3 Å². The molecule has 1 aromatic rings. The van der Waals surface area contributed by atoms with Crippen molar-refractivity contribution in [2.24, 2.45) is 22.7 Å². The number of rotatable bonds is 8. The van der Waals surface area contributed by atoms with Crippen molar-refractivity contribution in [3.8, 4) is 5.75 Å². The lowest BCUT2D eigenvalue weighted by Gasteiger charge is -2.60. The van der Waals surface area contributed by atoms with Gasteiger partial charge in [-0.1, -0.05) is 38.7 Å². The van der Waals surface area contributed by atoms with Crippen LogP contribution in [0.15, 0.2) is 60.7 Å². The van der Waals surface area contributed by atoms with Crippen LogP contribution in [0.2, 0.25) is 0 Å². The zero-order chi connectivity index (χ0) is 27.8. The number of phenols is 1. The van der Waals surface area contributed by atoms with Crippen molar-refractivity contribution in [3.63, 3.8) is 0 Å². The number of ether oxygens (including phenoxy) is 4. The Bertz CT molecular complexity index is 1120. The van der Waals surface area contributed by atoms with Crippen LogP contribution < -0.4 is 0 Å². The first-order valence-corrected chi connectivity index (χ1v) is 13.0. The number of phenolic OH excluding ortho intramolecular Hbond substituents is 1. The topological polar surface area (TPSA) is 112 Å². The van der Waals surface area contributed by atoms with Crippen molar-refractivity contribution in [2.75, 3.05) is 7.11 Å². The number of hydrogen-bond donors (Lipinski definition) is 2. The predicted octanol–water partition coefficient (Wildman–Crippen LogP) is 4.67. The number of carbonyl (C=O) groups is 2. The van der Waals surface area contributed by atoms with E-state index in [0.29, 0.717) is 30.4 Å². The number of benzene rings is 1. The van der Waals surface area contributed by atoms with Crippen molar-refractivity contribution in [2.45, 2.75) is 71.2 Å². The summed E-state index contributed by atoms with van der Waals surface area (Å²) >= 11 is 0. The van der Waals surface area contributed by atoms with E-state index in [1.807, 2.05) is 0 Å². The second-order valence-corrected chi connectivity index (χ2v) is 11.0. The number of aliphatic hydroxyl groups is 1. The Hall–Kier alpha value is -2.94. The van der Waals surface area contributed by atoms with Gasteiger partial charge in [0.25, 0.3) is 0 Å². The largest absolute Gasteiger partial charge is 0.508 e. The number of carbonyl (C=O) groups excluding carboxylic acids is 2. The molecule has 1 saturated heterocycles. The quantitative estimate of drug-likeness (QED) is 0.286. The van der Waals surface area contributed by atoms with Crippen LogP contribution in [0.1, 0.15) is 56.8 Å². The van der Waals surface area contributed by atoms with E-state index in [1.54, 1.807) is 12.2 Å². The number of aliphatic hydroxyl groups excluding tert-OH is 1. The van der Waals surface area contributed by atoms with Gasteiger partial charge in [-0.2, -0.15) is 0 Å². The summed E-state index contributed by atoms with van der Waals surface area (Å²) in [5.74, 6) is -1.19. The standard InChI is InChI=1S/C30H38O8/c1-7-17(2)12-13-29(5)18(3)14-25(33)30-23(27(35-6)38-28(30)36-19(4)31)15-22(16-24(29)30)37-26(34)20-8-10-21(32)11-9-20/h7-11,15,18,22,24-25,27-28,32-33H,1-2,12-14,16H2,3-6H3/t18-,22-,24+,25+,27+,28-,29-,30-/m1/s1. The maximum atomic E-state index is 13.0. The zero-order valence-electron chi connectivity index (χ0n) is 22.5. The first kappa shape index (κ1) is 28.1. The van der Waals surface area contributed by atoms with Crippen molar-refractivity contribution in [3.05, 3.63) is 66.3 Å². The van der Waals surface area contributed by atoms with Gasteiger partial charge in [-0.25, -0.2) is 4.79 Å². The Kier molecular flexibility index (Phi) is 7.89. The fourth-order valence-corrected chi connectivity index (χ4v) is 6.76. The zero-order valence-corrected chi connectivity index (χ0v) is 22.5. The number of hydrogen-bond acceptors (Lipinski definition) is 8. The highest BCUT2D eigenvalue weighted by molar-refractivity contribution is 5.89. The molecule has 38 heavy (non-hydrogen) atoms. The minimum atomic E-state index is -1.06. The van der Waals surface area contributed by atoms with Crippen LogP contribution in [0.25, 0.3) is 0 Å². The van der Waals surface area contributed by atoms with Crippen molar-refractivity contribution in [1.29, 1.82) is 0 Å². The molecule has 0 aromatic heterocycles. The van der Waals surface area contributed by atoms with Gasteiger partial charge in [0.2, 0.25) is 6.29 Å². The fraction of sp³-hybridized carbons (Fsp3) is 0.533. The Morgan fingerprint density at radius 2 is 1.89 bits per heavy atom. The molecule has 2 fully saturated rings. The first-order valence-electron chi connectivity index (χ1n) is 13.0. The van der Waals surface area contributed by atoms with Gasteiger partial charge < -0.3 is 29.2 Å². The molecule has 4 rings (SSSR count). The molecule has 1 aromatic carbocycles. The predicted molar refractivity (Wildman–Crippen MR) is 140 cm³/mol. The molecule has 0 unspecified atom stereocenters. The molecule has 1 saturated carbocycles. The minimum Gasteiger partial charge on any atom is -0.508 e. The van der Waals surface area contributed by atoms with Gasteiger partial charge in [-0.3, -0.25) is 4.79 Å². The molecule has 2 N–H and O–H groups in total. The lowest BCUT2D eigenvalue weighted by Crippen LogP contribution is -2.63. The number of allylic oxidation sites excluding steroid dienone is 2.